The molecule has 3 aromatic heterocycles. The first-order chi connectivity index (χ1) is 19.5. The number of halogens is 3. The van der Waals surface area contributed by atoms with E-state index >= 15 is 0 Å². The summed E-state index contributed by atoms with van der Waals surface area (Å²) in [6, 6.07) is 3.25. The van der Waals surface area contributed by atoms with E-state index in [0.717, 1.165) is 31.1 Å². The van der Waals surface area contributed by atoms with Gasteiger partial charge >= 0.3 is 0 Å². The van der Waals surface area contributed by atoms with E-state index in [0.29, 0.717) is 31.9 Å². The van der Waals surface area contributed by atoms with Crippen molar-refractivity contribution in [2.24, 2.45) is 0 Å². The number of methoxy groups -OCH3 is 1. The molecule has 0 amide bonds. The van der Waals surface area contributed by atoms with E-state index in [1.165, 1.54) is 16.7 Å². The van der Waals surface area contributed by atoms with Gasteiger partial charge in [-0.25, -0.2) is 27.2 Å². The Kier molecular flexibility index (Phi) is 9.95. The highest BCUT2D eigenvalue weighted by atomic mass is 35.5. The number of hydrogen-bond acceptors (Lipinski definition) is 8. The predicted octanol–water partition coefficient (Wildman–Crippen LogP) is 5.91. The van der Waals surface area contributed by atoms with Gasteiger partial charge in [-0.15, -0.1) is 0 Å². The molecule has 4 heterocycles. The lowest BCUT2D eigenvalue weighted by Gasteiger charge is -2.25. The molecule has 0 spiro atoms. The number of anilines is 1. The van der Waals surface area contributed by atoms with E-state index in [1.807, 2.05) is 19.2 Å². The monoisotopic (exact) mass is 610 g/mol. The number of fused-ring (bicyclic) bond motifs is 1. The van der Waals surface area contributed by atoms with E-state index < -0.39 is 28.3 Å². The van der Waals surface area contributed by atoms with Crippen molar-refractivity contribution in [3.05, 3.63) is 64.3 Å². The summed E-state index contributed by atoms with van der Waals surface area (Å²) in [4.78, 5) is 8.25. The van der Waals surface area contributed by atoms with Crippen molar-refractivity contribution in [1.29, 1.82) is 0 Å². The number of rotatable bonds is 12. The number of hydrogen-bond donors (Lipinski definition) is 1. The average molecular weight is 611 g/mol. The SMILES string of the molecule is C=C(/C(=C\C=C(/C)c1ccn(CCCOC)n1)Nc1cc(Cl)nc2c1nc(C(F)F)n2C1CCCCO1)S(C)(=O)=O. The van der Waals surface area contributed by atoms with E-state index in [2.05, 4.69) is 27.0 Å². The van der Waals surface area contributed by atoms with Gasteiger partial charge in [0.25, 0.3) is 6.43 Å². The number of sulfone groups is 1. The van der Waals surface area contributed by atoms with Crippen LogP contribution in [-0.4, -0.2) is 59.3 Å². The van der Waals surface area contributed by atoms with Crippen molar-refractivity contribution >= 4 is 43.9 Å². The summed E-state index contributed by atoms with van der Waals surface area (Å²) in [5, 5.41) is 7.56. The van der Waals surface area contributed by atoms with Gasteiger partial charge in [0.05, 0.1) is 22.0 Å². The average Bonchev–Trinajstić information content (AvgIpc) is 3.56. The maximum Gasteiger partial charge on any atom is 0.295 e. The maximum absolute atomic E-state index is 14.1. The summed E-state index contributed by atoms with van der Waals surface area (Å²) < 4.78 is 67.1. The molecule has 0 aliphatic carbocycles. The third kappa shape index (κ3) is 7.39. The fraction of sp³-hybridized carbons (Fsp3) is 0.444. The molecule has 10 nitrogen and oxygen atoms in total. The first-order valence-corrected chi connectivity index (χ1v) is 15.3. The van der Waals surface area contributed by atoms with Gasteiger partial charge < -0.3 is 14.8 Å². The molecule has 1 fully saturated rings. The number of aryl methyl sites for hydroxylation is 1. The predicted molar refractivity (Wildman–Crippen MR) is 154 cm³/mol. The van der Waals surface area contributed by atoms with Gasteiger partial charge in [-0.3, -0.25) is 9.25 Å². The van der Waals surface area contributed by atoms with Crippen LogP contribution in [0.25, 0.3) is 16.7 Å². The van der Waals surface area contributed by atoms with Gasteiger partial charge in [-0.05, 0) is 50.3 Å². The molecule has 222 valence electrons. The largest absolute Gasteiger partial charge is 0.385 e. The van der Waals surface area contributed by atoms with E-state index in [9.17, 15) is 17.2 Å². The zero-order valence-corrected chi connectivity index (χ0v) is 24.7. The lowest BCUT2D eigenvalue weighted by Crippen LogP contribution is -2.20. The van der Waals surface area contributed by atoms with Crippen molar-refractivity contribution in [3.63, 3.8) is 0 Å². The third-order valence-corrected chi connectivity index (χ3v) is 7.89. The van der Waals surface area contributed by atoms with Crippen LogP contribution in [0.3, 0.4) is 0 Å². The molecular weight excluding hydrogens is 578 g/mol. The van der Waals surface area contributed by atoms with Gasteiger partial charge in [-0.1, -0.05) is 24.3 Å². The fourth-order valence-electron chi connectivity index (χ4n) is 4.42. The molecule has 14 heteroatoms. The molecule has 0 saturated carbocycles. The number of pyridine rings is 1. The molecule has 1 N–H and O–H groups in total. The van der Waals surface area contributed by atoms with Gasteiger partial charge in [0, 0.05) is 45.4 Å². The Balaban J connectivity index is 1.74. The van der Waals surface area contributed by atoms with Crippen LogP contribution in [0, 0.1) is 0 Å². The van der Waals surface area contributed by atoms with Crippen LogP contribution in [0.2, 0.25) is 5.15 Å². The minimum atomic E-state index is -3.74. The van der Waals surface area contributed by atoms with Gasteiger partial charge in [0.2, 0.25) is 0 Å². The quantitative estimate of drug-likeness (QED) is 0.153. The molecule has 3 aromatic rings. The molecule has 1 aliphatic rings. The molecule has 1 unspecified atom stereocenters. The number of ether oxygens (including phenoxy) is 2. The number of aromatic nitrogens is 5. The molecule has 1 aliphatic heterocycles. The first kappa shape index (κ1) is 30.8. The number of nitrogens with zero attached hydrogens (tertiary/aromatic N) is 5. The van der Waals surface area contributed by atoms with Gasteiger partial charge in [0.1, 0.15) is 16.9 Å². The Morgan fingerprint density at radius 3 is 2.78 bits per heavy atom. The zero-order valence-electron chi connectivity index (χ0n) is 23.1. The highest BCUT2D eigenvalue weighted by Gasteiger charge is 2.29. The Morgan fingerprint density at radius 1 is 1.34 bits per heavy atom. The summed E-state index contributed by atoms with van der Waals surface area (Å²) in [6.07, 6.45) is 5.50. The molecular formula is C27H33ClF2N6O4S. The number of allylic oxidation sites excluding steroid dienone is 3. The molecule has 0 radical (unpaired) electrons. The molecule has 1 saturated heterocycles. The lowest BCUT2D eigenvalue weighted by atomic mass is 10.2. The minimum absolute atomic E-state index is 0.00725. The van der Waals surface area contributed by atoms with E-state index in [1.54, 1.807) is 17.9 Å². The smallest absolute Gasteiger partial charge is 0.295 e. The van der Waals surface area contributed by atoms with Crippen LogP contribution in [0.5, 0.6) is 0 Å². The molecule has 1 atom stereocenters. The number of imidazole rings is 1. The Morgan fingerprint density at radius 2 is 2.12 bits per heavy atom. The second-order valence-electron chi connectivity index (χ2n) is 9.69. The molecule has 0 bridgehead atoms. The summed E-state index contributed by atoms with van der Waals surface area (Å²) in [6.45, 7) is 7.32. The summed E-state index contributed by atoms with van der Waals surface area (Å²) in [5.41, 5.74) is 1.97. The lowest BCUT2D eigenvalue weighted by molar-refractivity contribution is -0.0363. The van der Waals surface area contributed by atoms with Crippen LogP contribution in [0.4, 0.5) is 14.5 Å². The van der Waals surface area contributed by atoms with Crippen molar-refractivity contribution in [1.82, 2.24) is 24.3 Å². The van der Waals surface area contributed by atoms with Gasteiger partial charge in [-0.2, -0.15) is 5.10 Å². The summed E-state index contributed by atoms with van der Waals surface area (Å²) >= 11 is 6.32. The van der Waals surface area contributed by atoms with Crippen molar-refractivity contribution < 1.29 is 26.7 Å². The summed E-state index contributed by atoms with van der Waals surface area (Å²) in [5.74, 6) is -0.506. The first-order valence-electron chi connectivity index (χ1n) is 13.1. The van der Waals surface area contributed by atoms with Gasteiger partial charge in [0.15, 0.2) is 21.3 Å². The van der Waals surface area contributed by atoms with Crippen molar-refractivity contribution in [2.45, 2.75) is 51.8 Å². The number of alkyl halides is 2. The van der Waals surface area contributed by atoms with Crippen molar-refractivity contribution in [3.8, 4) is 0 Å². The molecule has 41 heavy (non-hydrogen) atoms. The topological polar surface area (TPSA) is 113 Å². The molecule has 4 rings (SSSR count). The third-order valence-electron chi connectivity index (χ3n) is 6.58. The standard InChI is InChI=1S/C27H33ClF2N6O4S/c1-17(19-11-13-35(34-19)12-7-14-39-3)9-10-20(18(2)41(4,37)38)31-21-16-22(28)32-26-24(21)33-27(25(29)30)36(26)23-8-5-6-15-40-23/h9-11,13,16,23,25H,2,5-8,12,14-15H2,1,3-4H3,(H,31,32)/b17-9+,20-10+. The molecule has 0 aromatic carbocycles. The zero-order chi connectivity index (χ0) is 29.7. The van der Waals surface area contributed by atoms with Crippen LogP contribution < -0.4 is 5.32 Å². The second-order valence-corrected chi connectivity index (χ2v) is 12.1. The van der Waals surface area contributed by atoms with Crippen molar-refractivity contribution in [2.75, 3.05) is 31.9 Å². The minimum Gasteiger partial charge on any atom is -0.385 e. The maximum atomic E-state index is 14.1. The van der Waals surface area contributed by atoms with E-state index in [4.69, 9.17) is 21.1 Å². The number of nitrogens with one attached hydrogen (secondary N) is 1. The van der Waals surface area contributed by atoms with Crippen LogP contribution in [-0.2, 0) is 25.9 Å². The van der Waals surface area contributed by atoms with Crippen LogP contribution >= 0.6 is 11.6 Å². The normalized spacial score (nSPS) is 17.0. The Hall–Kier alpha value is -3.13. The van der Waals surface area contributed by atoms with Crippen LogP contribution in [0.1, 0.15) is 56.8 Å². The van der Waals surface area contributed by atoms with Crippen LogP contribution in [0.15, 0.2) is 47.7 Å². The summed E-state index contributed by atoms with van der Waals surface area (Å²) in [7, 11) is -2.10. The fourth-order valence-corrected chi connectivity index (χ4v) is 5.13. The van der Waals surface area contributed by atoms with E-state index in [-0.39, 0.29) is 32.6 Å². The highest BCUT2D eigenvalue weighted by Crippen LogP contribution is 2.36. The Labute approximate surface area is 242 Å². The second kappa shape index (κ2) is 13.2. The Bertz CT molecular complexity index is 1580. The highest BCUT2D eigenvalue weighted by molar-refractivity contribution is 7.94.